The van der Waals surface area contributed by atoms with Gasteiger partial charge < -0.3 is 19.5 Å². The number of fused-ring (bicyclic) bond motifs is 1. The van der Waals surface area contributed by atoms with Crippen LogP contribution in [0.2, 0.25) is 0 Å². The predicted octanol–water partition coefficient (Wildman–Crippen LogP) is 4.83. The van der Waals surface area contributed by atoms with E-state index >= 15 is 0 Å². The quantitative estimate of drug-likeness (QED) is 0.418. The Balaban J connectivity index is 1.58. The molecular formula is C25H25NO5. The lowest BCUT2D eigenvalue weighted by Crippen LogP contribution is -2.29. The Morgan fingerprint density at radius 1 is 1.00 bits per heavy atom. The smallest absolute Gasteiger partial charge is 0.331 e. The van der Waals surface area contributed by atoms with E-state index in [-0.39, 0.29) is 0 Å². The minimum Gasteiger partial charge on any atom is -0.493 e. The Morgan fingerprint density at radius 2 is 1.77 bits per heavy atom. The van der Waals surface area contributed by atoms with Crippen LogP contribution in [0.3, 0.4) is 0 Å². The first-order valence-electron chi connectivity index (χ1n) is 9.99. The SMILES string of the molecule is CCOc1ccc(/C=C/C(=O)O[C@@H](C)C(=O)Nc2ccc3ccccc3c2)cc1OC. The summed E-state index contributed by atoms with van der Waals surface area (Å²) in [5, 5.41) is 4.87. The van der Waals surface area contributed by atoms with Crippen molar-refractivity contribution >= 4 is 34.4 Å². The Labute approximate surface area is 181 Å². The molecule has 0 unspecified atom stereocenters. The van der Waals surface area contributed by atoms with E-state index in [0.29, 0.717) is 23.8 Å². The molecule has 0 aliphatic rings. The van der Waals surface area contributed by atoms with Gasteiger partial charge in [-0.05, 0) is 60.5 Å². The molecule has 3 rings (SSSR count). The number of anilines is 1. The number of carbonyl (C=O) groups excluding carboxylic acids is 2. The molecule has 0 fully saturated rings. The maximum absolute atomic E-state index is 12.4. The van der Waals surface area contributed by atoms with Crippen LogP contribution in [0.1, 0.15) is 19.4 Å². The fourth-order valence-corrected chi connectivity index (χ4v) is 3.00. The number of amides is 1. The molecule has 0 saturated heterocycles. The van der Waals surface area contributed by atoms with E-state index in [4.69, 9.17) is 14.2 Å². The van der Waals surface area contributed by atoms with Crippen LogP contribution in [0.4, 0.5) is 5.69 Å². The molecule has 0 spiro atoms. The Hall–Kier alpha value is -3.80. The highest BCUT2D eigenvalue weighted by molar-refractivity contribution is 5.98. The van der Waals surface area contributed by atoms with Crippen molar-refractivity contribution in [2.45, 2.75) is 20.0 Å². The standard InChI is InChI=1S/C25H25NO5/c1-4-30-22-13-9-18(15-23(22)29-3)10-14-24(27)31-17(2)25(28)26-21-12-11-19-7-5-6-8-20(19)16-21/h5-17H,4H2,1-3H3,(H,26,28)/b14-10+/t17-/m0/s1. The Bertz CT molecular complexity index is 1110. The molecule has 160 valence electrons. The normalized spacial score (nSPS) is 11.8. The van der Waals surface area contributed by atoms with E-state index in [1.807, 2.05) is 49.4 Å². The van der Waals surface area contributed by atoms with Gasteiger partial charge in [-0.1, -0.05) is 36.4 Å². The summed E-state index contributed by atoms with van der Waals surface area (Å²) in [7, 11) is 1.55. The summed E-state index contributed by atoms with van der Waals surface area (Å²) in [6.07, 6.45) is 1.92. The molecule has 6 nitrogen and oxygen atoms in total. The van der Waals surface area contributed by atoms with Gasteiger partial charge in [-0.2, -0.15) is 0 Å². The number of nitrogens with one attached hydrogen (secondary N) is 1. The second-order valence-electron chi connectivity index (χ2n) is 6.81. The maximum atomic E-state index is 12.4. The van der Waals surface area contributed by atoms with Crippen LogP contribution in [0.25, 0.3) is 16.8 Å². The van der Waals surface area contributed by atoms with Crippen molar-refractivity contribution in [1.29, 1.82) is 0 Å². The molecule has 0 aliphatic heterocycles. The molecule has 1 N–H and O–H groups in total. The van der Waals surface area contributed by atoms with Crippen LogP contribution in [0.15, 0.2) is 66.7 Å². The molecule has 6 heteroatoms. The summed E-state index contributed by atoms with van der Waals surface area (Å²) < 4.78 is 16.0. The van der Waals surface area contributed by atoms with Gasteiger partial charge in [0, 0.05) is 11.8 Å². The molecule has 0 aromatic heterocycles. The zero-order valence-corrected chi connectivity index (χ0v) is 17.8. The lowest BCUT2D eigenvalue weighted by Gasteiger charge is -2.13. The van der Waals surface area contributed by atoms with Gasteiger partial charge in [0.05, 0.1) is 13.7 Å². The van der Waals surface area contributed by atoms with Crippen molar-refractivity contribution < 1.29 is 23.8 Å². The lowest BCUT2D eigenvalue weighted by molar-refractivity contribution is -0.148. The van der Waals surface area contributed by atoms with Crippen molar-refractivity contribution in [3.05, 3.63) is 72.3 Å². The van der Waals surface area contributed by atoms with Crippen LogP contribution in [-0.4, -0.2) is 31.7 Å². The number of hydrogen-bond acceptors (Lipinski definition) is 5. The van der Waals surface area contributed by atoms with E-state index in [1.54, 1.807) is 31.4 Å². The average Bonchev–Trinajstić information content (AvgIpc) is 2.78. The van der Waals surface area contributed by atoms with Crippen molar-refractivity contribution in [2.24, 2.45) is 0 Å². The highest BCUT2D eigenvalue weighted by Gasteiger charge is 2.17. The van der Waals surface area contributed by atoms with E-state index in [9.17, 15) is 9.59 Å². The first kappa shape index (κ1) is 21.9. The number of rotatable bonds is 8. The van der Waals surface area contributed by atoms with Crippen molar-refractivity contribution in [1.82, 2.24) is 0 Å². The number of esters is 1. The monoisotopic (exact) mass is 419 g/mol. The summed E-state index contributed by atoms with van der Waals surface area (Å²) in [4.78, 5) is 24.5. The van der Waals surface area contributed by atoms with Gasteiger partial charge in [-0.15, -0.1) is 0 Å². The summed E-state index contributed by atoms with van der Waals surface area (Å²) in [5.74, 6) is 0.179. The second kappa shape index (κ2) is 10.3. The molecule has 31 heavy (non-hydrogen) atoms. The summed E-state index contributed by atoms with van der Waals surface area (Å²) in [5.41, 5.74) is 1.38. The summed E-state index contributed by atoms with van der Waals surface area (Å²) >= 11 is 0. The molecule has 0 saturated carbocycles. The zero-order valence-electron chi connectivity index (χ0n) is 17.8. The first-order chi connectivity index (χ1) is 15.0. The van der Waals surface area contributed by atoms with Crippen molar-refractivity contribution in [3.63, 3.8) is 0 Å². The van der Waals surface area contributed by atoms with Gasteiger partial charge in [0.25, 0.3) is 5.91 Å². The molecule has 0 aliphatic carbocycles. The molecule has 3 aromatic carbocycles. The highest BCUT2D eigenvalue weighted by atomic mass is 16.5. The number of carbonyl (C=O) groups is 2. The van der Waals surface area contributed by atoms with Crippen LogP contribution >= 0.6 is 0 Å². The molecule has 0 bridgehead atoms. The third-order valence-corrected chi connectivity index (χ3v) is 4.58. The second-order valence-corrected chi connectivity index (χ2v) is 6.81. The third kappa shape index (κ3) is 5.85. The average molecular weight is 419 g/mol. The number of ether oxygens (including phenoxy) is 3. The predicted molar refractivity (Wildman–Crippen MR) is 121 cm³/mol. The van der Waals surface area contributed by atoms with E-state index in [1.165, 1.54) is 13.0 Å². The van der Waals surface area contributed by atoms with Crippen LogP contribution in [0.5, 0.6) is 11.5 Å². The Morgan fingerprint density at radius 3 is 2.52 bits per heavy atom. The van der Waals surface area contributed by atoms with Crippen molar-refractivity contribution in [2.75, 3.05) is 19.0 Å². The summed E-state index contributed by atoms with van der Waals surface area (Å²) in [6, 6.07) is 18.8. The first-order valence-corrected chi connectivity index (χ1v) is 9.99. The molecule has 1 atom stereocenters. The van der Waals surface area contributed by atoms with Gasteiger partial charge in [-0.3, -0.25) is 4.79 Å². The van der Waals surface area contributed by atoms with Crippen LogP contribution in [0, 0.1) is 0 Å². The summed E-state index contributed by atoms with van der Waals surface area (Å²) in [6.45, 7) is 3.94. The van der Waals surface area contributed by atoms with E-state index in [2.05, 4.69) is 5.32 Å². The van der Waals surface area contributed by atoms with Gasteiger partial charge in [0.15, 0.2) is 17.6 Å². The van der Waals surface area contributed by atoms with Gasteiger partial charge in [0.2, 0.25) is 0 Å². The lowest BCUT2D eigenvalue weighted by atomic mass is 10.1. The topological polar surface area (TPSA) is 73.9 Å². The minimum atomic E-state index is -0.946. The molecule has 1 amide bonds. The molecule has 3 aromatic rings. The molecule has 0 radical (unpaired) electrons. The van der Waals surface area contributed by atoms with E-state index in [0.717, 1.165) is 16.3 Å². The van der Waals surface area contributed by atoms with Gasteiger partial charge >= 0.3 is 5.97 Å². The maximum Gasteiger partial charge on any atom is 0.331 e. The number of benzene rings is 3. The van der Waals surface area contributed by atoms with Crippen LogP contribution < -0.4 is 14.8 Å². The number of hydrogen-bond donors (Lipinski definition) is 1. The highest BCUT2D eigenvalue weighted by Crippen LogP contribution is 2.28. The molecule has 0 heterocycles. The molecular weight excluding hydrogens is 394 g/mol. The zero-order chi connectivity index (χ0) is 22.2. The van der Waals surface area contributed by atoms with Crippen LogP contribution in [-0.2, 0) is 14.3 Å². The largest absolute Gasteiger partial charge is 0.493 e. The Kier molecular flexibility index (Phi) is 7.27. The fraction of sp³-hybridized carbons (Fsp3) is 0.200. The minimum absolute atomic E-state index is 0.403. The third-order valence-electron chi connectivity index (χ3n) is 4.58. The van der Waals surface area contributed by atoms with Gasteiger partial charge in [0.1, 0.15) is 0 Å². The fourth-order valence-electron chi connectivity index (χ4n) is 3.00. The van der Waals surface area contributed by atoms with Crippen molar-refractivity contribution in [3.8, 4) is 11.5 Å². The number of methoxy groups -OCH3 is 1. The van der Waals surface area contributed by atoms with Gasteiger partial charge in [-0.25, -0.2) is 4.79 Å². The van der Waals surface area contributed by atoms with E-state index < -0.39 is 18.0 Å².